The molecule has 278 valence electrons. The first kappa shape index (κ1) is 46.4. The van der Waals surface area contributed by atoms with Crippen molar-refractivity contribution < 1.29 is 0 Å². The number of rotatable bonds is 4. The van der Waals surface area contributed by atoms with E-state index in [0.717, 1.165) is 45.7 Å². The molecule has 4 aromatic rings. The summed E-state index contributed by atoms with van der Waals surface area (Å²) in [5.74, 6) is 2.83. The van der Waals surface area contributed by atoms with Gasteiger partial charge >= 0.3 is 0 Å². The normalized spacial score (nSPS) is 10.7. The molecule has 0 radical (unpaired) electrons. The van der Waals surface area contributed by atoms with Crippen molar-refractivity contribution in [1.29, 1.82) is 0 Å². The van der Waals surface area contributed by atoms with Gasteiger partial charge in [0, 0.05) is 22.8 Å². The Hall–Kier alpha value is -3.61. The summed E-state index contributed by atoms with van der Waals surface area (Å²) in [4.78, 5) is 22.3. The molecule has 4 heterocycles. The smallest absolute Gasteiger partial charge is 0.125 e. The lowest BCUT2D eigenvalue weighted by molar-refractivity contribution is 0.759. The summed E-state index contributed by atoms with van der Waals surface area (Å²) in [6, 6.07) is 0. The predicted octanol–water partition coefficient (Wildman–Crippen LogP) is 11.7. The van der Waals surface area contributed by atoms with Gasteiger partial charge in [0.25, 0.3) is 0 Å². The molecule has 0 aliphatic rings. The Morgan fingerprint density at radius 1 is 0.280 bits per heavy atom. The van der Waals surface area contributed by atoms with Gasteiger partial charge in [-0.15, -0.1) is 0 Å². The lowest BCUT2D eigenvalue weighted by atomic mass is 9.97. The number of hydrogen-bond acceptors (Lipinski definition) is 7. The number of aryl methyl sites for hydroxylation is 7. The summed E-state index contributed by atoms with van der Waals surface area (Å²) < 4.78 is 0. The second kappa shape index (κ2) is 20.3. The number of aromatic nitrogens is 7. The monoisotopic (exact) mass is 686 g/mol. The number of nitrogens with zero attached hydrogens (tertiary/aromatic N) is 7. The standard InChI is InChI=1S/C12H19N.3C10H16N2.CH4/c1-7(2)12-10(5)8(3)9(4)11(6)13-12;1-6(2)10-9(5)11-7(3)8(4)12-10;1-6(2)10-7(3)8(4)11-9(5)12-10;1-6(2)10-8(4)7(3)9(5)11-12-10;/h7H,1-6H3;3*6H,1-5H3;1H4. The van der Waals surface area contributed by atoms with Gasteiger partial charge in [-0.3, -0.25) is 15.0 Å². The molecule has 4 rings (SSSR count). The maximum Gasteiger partial charge on any atom is 0.125 e. The van der Waals surface area contributed by atoms with Crippen molar-refractivity contribution in [2.24, 2.45) is 0 Å². The van der Waals surface area contributed by atoms with Crippen LogP contribution in [0.5, 0.6) is 0 Å². The van der Waals surface area contributed by atoms with Crippen LogP contribution in [0.4, 0.5) is 0 Å². The molecule has 0 saturated heterocycles. The first-order valence-electron chi connectivity index (χ1n) is 17.9. The third-order valence-electron chi connectivity index (χ3n) is 9.38. The largest absolute Gasteiger partial charge is 0.257 e. The molecule has 0 bridgehead atoms. The van der Waals surface area contributed by atoms with Crippen LogP contribution in [0.2, 0.25) is 0 Å². The summed E-state index contributed by atoms with van der Waals surface area (Å²) in [5.41, 5.74) is 19.0. The highest BCUT2D eigenvalue weighted by molar-refractivity contribution is 5.38. The molecule has 7 nitrogen and oxygen atoms in total. The molecule has 0 saturated carbocycles. The molecule has 0 atom stereocenters. The molecular formula is C43H71N7. The van der Waals surface area contributed by atoms with E-state index in [4.69, 9.17) is 0 Å². The van der Waals surface area contributed by atoms with E-state index in [1.807, 2.05) is 41.5 Å². The molecule has 0 aliphatic heterocycles. The van der Waals surface area contributed by atoms with E-state index < -0.39 is 0 Å². The van der Waals surface area contributed by atoms with E-state index in [9.17, 15) is 0 Å². The first-order chi connectivity index (χ1) is 22.5. The van der Waals surface area contributed by atoms with Gasteiger partial charge in [-0.25, -0.2) is 9.97 Å². The van der Waals surface area contributed by atoms with Crippen molar-refractivity contribution in [3.63, 3.8) is 0 Å². The van der Waals surface area contributed by atoms with Crippen molar-refractivity contribution in [2.75, 3.05) is 0 Å². The molecule has 0 amide bonds. The fraction of sp³-hybridized carbons (Fsp3) is 0.605. The van der Waals surface area contributed by atoms with Crippen molar-refractivity contribution in [1.82, 2.24) is 35.1 Å². The quantitative estimate of drug-likeness (QED) is 0.211. The molecule has 0 aromatic carbocycles. The minimum atomic E-state index is 0. The molecule has 50 heavy (non-hydrogen) atoms. The van der Waals surface area contributed by atoms with Gasteiger partial charge in [0.2, 0.25) is 0 Å². The summed E-state index contributed by atoms with van der Waals surface area (Å²) >= 11 is 0. The molecule has 0 unspecified atom stereocenters. The van der Waals surface area contributed by atoms with Gasteiger partial charge in [-0.1, -0.05) is 62.8 Å². The van der Waals surface area contributed by atoms with Crippen LogP contribution in [0.25, 0.3) is 0 Å². The lowest BCUT2D eigenvalue weighted by Crippen LogP contribution is -2.03. The van der Waals surface area contributed by atoms with Crippen LogP contribution in [0, 0.1) is 90.0 Å². The SMILES string of the molecule is C.Cc1nc(C(C)C)c(C)c(C)c1C.Cc1nc(C)c(C(C)C)nc1C.Cc1nc(C)c(C)c(C(C)C)n1.Cc1nnc(C(C)C)c(C)c1C. The Morgan fingerprint density at radius 2 is 0.660 bits per heavy atom. The molecule has 0 N–H and O–H groups in total. The topological polar surface area (TPSA) is 90.2 Å². The zero-order valence-electron chi connectivity index (χ0n) is 34.9. The van der Waals surface area contributed by atoms with Gasteiger partial charge in [0.05, 0.1) is 34.2 Å². The van der Waals surface area contributed by atoms with Gasteiger partial charge in [-0.2, -0.15) is 10.2 Å². The lowest BCUT2D eigenvalue weighted by Gasteiger charge is -2.15. The molecular weight excluding hydrogens is 615 g/mol. The van der Waals surface area contributed by atoms with E-state index >= 15 is 0 Å². The fourth-order valence-electron chi connectivity index (χ4n) is 5.58. The van der Waals surface area contributed by atoms with Crippen LogP contribution < -0.4 is 0 Å². The van der Waals surface area contributed by atoms with Crippen LogP contribution >= 0.6 is 0 Å². The minimum absolute atomic E-state index is 0. The highest BCUT2D eigenvalue weighted by Crippen LogP contribution is 2.24. The Balaban J connectivity index is 0.000000636. The Morgan fingerprint density at radius 3 is 1.14 bits per heavy atom. The summed E-state index contributed by atoms with van der Waals surface area (Å²) in [7, 11) is 0. The van der Waals surface area contributed by atoms with E-state index in [1.54, 1.807) is 0 Å². The third kappa shape index (κ3) is 12.6. The molecule has 4 aromatic heterocycles. The van der Waals surface area contributed by atoms with Crippen LogP contribution in [-0.2, 0) is 0 Å². The van der Waals surface area contributed by atoms with Gasteiger partial charge in [0.15, 0.2) is 0 Å². The average molecular weight is 686 g/mol. The molecule has 0 aliphatic carbocycles. The third-order valence-corrected chi connectivity index (χ3v) is 9.38. The molecule has 0 fully saturated rings. The zero-order valence-corrected chi connectivity index (χ0v) is 34.9. The van der Waals surface area contributed by atoms with Gasteiger partial charge in [0.1, 0.15) is 5.82 Å². The number of pyridine rings is 1. The summed E-state index contributed by atoms with van der Waals surface area (Å²) in [6.45, 7) is 44.2. The van der Waals surface area contributed by atoms with E-state index in [-0.39, 0.29) is 7.43 Å². The zero-order chi connectivity index (χ0) is 38.1. The Bertz CT molecular complexity index is 1690. The highest BCUT2D eigenvalue weighted by Gasteiger charge is 2.12. The second-order valence-corrected chi connectivity index (χ2v) is 14.7. The number of hydrogen-bond donors (Lipinski definition) is 0. The van der Waals surface area contributed by atoms with Crippen molar-refractivity contribution >= 4 is 0 Å². The Kier molecular flexibility index (Phi) is 18.8. The first-order valence-corrected chi connectivity index (χ1v) is 17.9. The Labute approximate surface area is 307 Å². The average Bonchev–Trinajstić information content (AvgIpc) is 3.00. The van der Waals surface area contributed by atoms with E-state index in [0.29, 0.717) is 23.7 Å². The van der Waals surface area contributed by atoms with Crippen LogP contribution in [-0.4, -0.2) is 35.1 Å². The van der Waals surface area contributed by atoms with Crippen LogP contribution in [0.3, 0.4) is 0 Å². The summed E-state index contributed by atoms with van der Waals surface area (Å²) in [6.07, 6.45) is 0. The van der Waals surface area contributed by atoms with Crippen molar-refractivity contribution in [3.05, 3.63) is 96.1 Å². The van der Waals surface area contributed by atoms with Crippen LogP contribution in [0.15, 0.2) is 0 Å². The maximum atomic E-state index is 4.63. The van der Waals surface area contributed by atoms with Gasteiger partial charge < -0.3 is 0 Å². The molecule has 7 heteroatoms. The minimum Gasteiger partial charge on any atom is -0.257 e. The van der Waals surface area contributed by atoms with Gasteiger partial charge in [-0.05, 0) is 147 Å². The maximum absolute atomic E-state index is 4.63. The molecule has 0 spiro atoms. The van der Waals surface area contributed by atoms with Crippen molar-refractivity contribution in [3.8, 4) is 0 Å². The summed E-state index contributed by atoms with van der Waals surface area (Å²) in [5, 5.41) is 8.30. The van der Waals surface area contributed by atoms with E-state index in [2.05, 4.69) is 139 Å². The predicted molar refractivity (Wildman–Crippen MR) is 215 cm³/mol. The highest BCUT2D eigenvalue weighted by atomic mass is 15.1. The second-order valence-electron chi connectivity index (χ2n) is 14.7. The van der Waals surface area contributed by atoms with Crippen LogP contribution in [0.1, 0.15) is 183 Å². The fourth-order valence-corrected chi connectivity index (χ4v) is 5.58. The van der Waals surface area contributed by atoms with E-state index in [1.165, 1.54) is 50.5 Å². The van der Waals surface area contributed by atoms with Crippen molar-refractivity contribution in [2.45, 2.75) is 176 Å².